The van der Waals surface area contributed by atoms with Gasteiger partial charge in [0.05, 0.1) is 17.9 Å². The first-order valence-electron chi connectivity index (χ1n) is 6.69. The van der Waals surface area contributed by atoms with E-state index in [-0.39, 0.29) is 22.5 Å². The van der Waals surface area contributed by atoms with E-state index in [1.807, 2.05) is 0 Å². The third kappa shape index (κ3) is 3.44. The quantitative estimate of drug-likeness (QED) is 0.737. The highest BCUT2D eigenvalue weighted by Gasteiger charge is 2.38. The lowest BCUT2D eigenvalue weighted by atomic mass is 10.1. The number of amides is 1. The van der Waals surface area contributed by atoms with Crippen molar-refractivity contribution in [3.8, 4) is 5.75 Å². The Morgan fingerprint density at radius 1 is 1.48 bits per heavy atom. The molecule has 0 bridgehead atoms. The number of hydrogen-bond donors (Lipinski definition) is 0. The van der Waals surface area contributed by atoms with Gasteiger partial charge in [-0.05, 0) is 26.0 Å². The molecule has 0 saturated heterocycles. The fourth-order valence-electron chi connectivity index (χ4n) is 2.20. The Morgan fingerprint density at radius 2 is 2.13 bits per heavy atom. The highest BCUT2D eigenvalue weighted by Crippen LogP contribution is 2.43. The molecule has 1 aliphatic heterocycles. The molecule has 0 aromatic heterocycles. The second-order valence-electron chi connectivity index (χ2n) is 4.78. The van der Waals surface area contributed by atoms with Crippen LogP contribution in [0, 0.1) is 0 Å². The molecule has 5 nitrogen and oxygen atoms in total. The van der Waals surface area contributed by atoms with Crippen molar-refractivity contribution >= 4 is 33.5 Å². The number of esters is 1. The SMILES string of the molecule is CCOC(=O)[C@@H](C)N1C(=O)COc2cc(C(F)(F)F)c(Br)cc21. The molecule has 0 N–H and O–H groups in total. The normalized spacial score (nSPS) is 15.7. The maximum Gasteiger partial charge on any atom is 0.417 e. The van der Waals surface area contributed by atoms with Crippen LogP contribution >= 0.6 is 15.9 Å². The molecule has 0 saturated carbocycles. The summed E-state index contributed by atoms with van der Waals surface area (Å²) in [5, 5.41) is 0. The molecule has 0 fully saturated rings. The van der Waals surface area contributed by atoms with Crippen molar-refractivity contribution in [2.24, 2.45) is 0 Å². The predicted molar refractivity (Wildman–Crippen MR) is 78.2 cm³/mol. The van der Waals surface area contributed by atoms with E-state index in [1.165, 1.54) is 6.92 Å². The van der Waals surface area contributed by atoms with Crippen LogP contribution in [0.15, 0.2) is 16.6 Å². The van der Waals surface area contributed by atoms with Crippen LogP contribution in [0.3, 0.4) is 0 Å². The molecular weight excluding hydrogens is 383 g/mol. The maximum atomic E-state index is 12.9. The zero-order valence-electron chi connectivity index (χ0n) is 12.2. The van der Waals surface area contributed by atoms with Crippen molar-refractivity contribution in [3.05, 3.63) is 22.2 Å². The molecule has 2 rings (SSSR count). The summed E-state index contributed by atoms with van der Waals surface area (Å²) >= 11 is 2.85. The molecule has 0 unspecified atom stereocenters. The summed E-state index contributed by atoms with van der Waals surface area (Å²) in [5.41, 5.74) is -0.837. The number of halogens is 4. The minimum atomic E-state index is -4.57. The van der Waals surface area contributed by atoms with Gasteiger partial charge in [0, 0.05) is 4.47 Å². The van der Waals surface area contributed by atoms with E-state index in [4.69, 9.17) is 9.47 Å². The Morgan fingerprint density at radius 3 is 2.70 bits per heavy atom. The summed E-state index contributed by atoms with van der Waals surface area (Å²) in [5.74, 6) is -1.30. The summed E-state index contributed by atoms with van der Waals surface area (Å²) in [6.07, 6.45) is -4.57. The topological polar surface area (TPSA) is 55.8 Å². The molecule has 0 aliphatic carbocycles. The first kappa shape index (κ1) is 17.6. The van der Waals surface area contributed by atoms with Crippen LogP contribution in [0.1, 0.15) is 19.4 Å². The number of ether oxygens (including phenoxy) is 2. The van der Waals surface area contributed by atoms with Crippen LogP contribution in [-0.4, -0.2) is 31.1 Å². The average Bonchev–Trinajstić information content (AvgIpc) is 2.45. The maximum absolute atomic E-state index is 12.9. The Hall–Kier alpha value is -1.77. The van der Waals surface area contributed by atoms with Gasteiger partial charge in [0.15, 0.2) is 6.61 Å². The molecule has 23 heavy (non-hydrogen) atoms. The fourth-order valence-corrected chi connectivity index (χ4v) is 2.76. The van der Waals surface area contributed by atoms with Crippen molar-refractivity contribution in [1.29, 1.82) is 0 Å². The molecule has 1 amide bonds. The minimum absolute atomic E-state index is 0.0849. The number of rotatable bonds is 3. The van der Waals surface area contributed by atoms with E-state index < -0.39 is 36.3 Å². The van der Waals surface area contributed by atoms with Crippen molar-refractivity contribution < 1.29 is 32.2 Å². The number of anilines is 1. The van der Waals surface area contributed by atoms with Gasteiger partial charge in [0.2, 0.25) is 0 Å². The average molecular weight is 396 g/mol. The molecule has 0 spiro atoms. The summed E-state index contributed by atoms with van der Waals surface area (Å²) in [6.45, 7) is 2.74. The van der Waals surface area contributed by atoms with Crippen LogP contribution in [0.2, 0.25) is 0 Å². The summed E-state index contributed by atoms with van der Waals surface area (Å²) in [7, 11) is 0. The fraction of sp³-hybridized carbons (Fsp3) is 0.429. The highest BCUT2D eigenvalue weighted by atomic mass is 79.9. The first-order chi connectivity index (χ1) is 10.7. The largest absolute Gasteiger partial charge is 0.482 e. The van der Waals surface area contributed by atoms with Gasteiger partial charge < -0.3 is 9.47 Å². The number of fused-ring (bicyclic) bond motifs is 1. The van der Waals surface area contributed by atoms with E-state index in [1.54, 1.807) is 6.92 Å². The zero-order valence-corrected chi connectivity index (χ0v) is 13.8. The van der Waals surface area contributed by atoms with Gasteiger partial charge in [-0.3, -0.25) is 9.69 Å². The van der Waals surface area contributed by atoms with E-state index >= 15 is 0 Å². The van der Waals surface area contributed by atoms with Crippen molar-refractivity contribution in [3.63, 3.8) is 0 Å². The summed E-state index contributed by atoms with van der Waals surface area (Å²) in [4.78, 5) is 25.0. The lowest BCUT2D eigenvalue weighted by Gasteiger charge is -2.33. The van der Waals surface area contributed by atoms with Crippen molar-refractivity contribution in [1.82, 2.24) is 0 Å². The van der Waals surface area contributed by atoms with Crippen LogP contribution in [0.4, 0.5) is 18.9 Å². The molecule has 126 valence electrons. The van der Waals surface area contributed by atoms with Gasteiger partial charge in [-0.2, -0.15) is 13.2 Å². The van der Waals surface area contributed by atoms with E-state index in [2.05, 4.69) is 15.9 Å². The molecule has 1 atom stereocenters. The van der Waals surface area contributed by atoms with Crippen molar-refractivity contribution in [2.75, 3.05) is 18.1 Å². The van der Waals surface area contributed by atoms with Crippen LogP contribution in [-0.2, 0) is 20.5 Å². The smallest absolute Gasteiger partial charge is 0.417 e. The van der Waals surface area contributed by atoms with Crippen molar-refractivity contribution in [2.45, 2.75) is 26.1 Å². The van der Waals surface area contributed by atoms with Crippen LogP contribution in [0.25, 0.3) is 0 Å². The third-order valence-corrected chi connectivity index (χ3v) is 3.90. The molecule has 9 heteroatoms. The van der Waals surface area contributed by atoms with Gasteiger partial charge >= 0.3 is 12.1 Å². The second kappa shape index (κ2) is 6.38. The Balaban J connectivity index is 2.48. The number of benzene rings is 1. The monoisotopic (exact) mass is 395 g/mol. The standard InChI is InChI=1S/C14H13BrF3NO4/c1-3-22-13(21)7(2)19-10-5-9(15)8(14(16,17)18)4-11(10)23-6-12(19)20/h4-5,7H,3,6H2,1-2H3/t7-/m1/s1. The summed E-state index contributed by atoms with van der Waals surface area (Å²) < 4.78 is 48.5. The molecule has 0 radical (unpaired) electrons. The second-order valence-corrected chi connectivity index (χ2v) is 5.63. The lowest BCUT2D eigenvalue weighted by Crippen LogP contribution is -2.48. The molecular formula is C14H13BrF3NO4. The highest BCUT2D eigenvalue weighted by molar-refractivity contribution is 9.10. The van der Waals surface area contributed by atoms with Crippen LogP contribution < -0.4 is 9.64 Å². The lowest BCUT2D eigenvalue weighted by molar-refractivity contribution is -0.145. The zero-order chi connectivity index (χ0) is 17.4. The summed E-state index contributed by atoms with van der Waals surface area (Å²) in [6, 6.07) is 0.940. The van der Waals surface area contributed by atoms with Gasteiger partial charge in [-0.25, -0.2) is 4.79 Å². The van der Waals surface area contributed by atoms with E-state index in [0.717, 1.165) is 17.0 Å². The number of hydrogen-bond acceptors (Lipinski definition) is 4. The van der Waals surface area contributed by atoms with E-state index in [9.17, 15) is 22.8 Å². The number of alkyl halides is 3. The molecule has 1 aliphatic rings. The first-order valence-corrected chi connectivity index (χ1v) is 7.48. The molecule has 1 aromatic carbocycles. The van der Waals surface area contributed by atoms with Gasteiger partial charge in [0.25, 0.3) is 5.91 Å². The third-order valence-electron chi connectivity index (χ3n) is 3.25. The number of carbonyl (C=O) groups is 2. The van der Waals surface area contributed by atoms with Gasteiger partial charge in [-0.15, -0.1) is 0 Å². The minimum Gasteiger partial charge on any atom is -0.482 e. The Kier molecular flexibility index (Phi) is 4.88. The number of nitrogens with zero attached hydrogens (tertiary/aromatic N) is 1. The predicted octanol–water partition coefficient (Wildman–Crippen LogP) is 3.14. The van der Waals surface area contributed by atoms with E-state index in [0.29, 0.717) is 0 Å². The Bertz CT molecular complexity index is 648. The number of carbonyl (C=O) groups excluding carboxylic acids is 2. The van der Waals surface area contributed by atoms with Gasteiger partial charge in [0.1, 0.15) is 11.8 Å². The van der Waals surface area contributed by atoms with Crippen LogP contribution in [0.5, 0.6) is 5.75 Å². The molecule has 1 aromatic rings. The van der Waals surface area contributed by atoms with Gasteiger partial charge in [-0.1, -0.05) is 15.9 Å². The molecule has 1 heterocycles. The Labute approximate surface area is 138 Å².